The second-order valence-corrected chi connectivity index (χ2v) is 3.84. The summed E-state index contributed by atoms with van der Waals surface area (Å²) in [6.45, 7) is 0. The Balaban J connectivity index is 2.74. The van der Waals surface area contributed by atoms with Crippen LogP contribution in [0, 0.1) is 30.7 Å². The van der Waals surface area contributed by atoms with Crippen molar-refractivity contribution in [2.45, 2.75) is 12.5 Å². The van der Waals surface area contributed by atoms with Gasteiger partial charge in [-0.05, 0) is 0 Å². The van der Waals surface area contributed by atoms with Gasteiger partial charge in [-0.2, -0.15) is 0 Å². The fraction of sp³-hybridized carbons (Fsp3) is 0.333. The Bertz CT molecular complexity index is 328. The van der Waals surface area contributed by atoms with Crippen LogP contribution in [0.3, 0.4) is 0 Å². The van der Waals surface area contributed by atoms with Gasteiger partial charge in [-0.3, -0.25) is 0 Å². The predicted molar refractivity (Wildman–Crippen MR) is 37.5 cm³/mol. The van der Waals surface area contributed by atoms with E-state index in [1.807, 2.05) is 0 Å². The van der Waals surface area contributed by atoms with Crippen molar-refractivity contribution in [1.29, 1.82) is 0 Å². The van der Waals surface area contributed by atoms with E-state index in [-0.39, 0.29) is 12.1 Å². The fourth-order valence-corrected chi connectivity index (χ4v) is 1.53. The molecule has 0 radical (unpaired) electrons. The fourth-order valence-electron chi connectivity index (χ4n) is 0.800. The Kier molecular flexibility index (Phi) is 3.33. The van der Waals surface area contributed by atoms with Gasteiger partial charge in [-0.25, -0.2) is 0 Å². The third-order valence-electron chi connectivity index (χ3n) is 1.44. The number of rotatable bonds is 3. The number of nitrogens with zero attached hydrogens (tertiary/aromatic N) is 1. The number of aromatic amines is 1. The van der Waals surface area contributed by atoms with Crippen molar-refractivity contribution in [2.75, 3.05) is 0 Å². The summed E-state index contributed by atoms with van der Waals surface area (Å²) in [6.07, 6.45) is -0.0725. The third-order valence-corrected chi connectivity index (χ3v) is 2.14. The molecule has 4 N–H and O–H groups in total. The number of imidazole rings is 1. The average molecular weight is 382 g/mol. The number of carboxylic acid groups (broad SMARTS) is 1. The van der Waals surface area contributed by atoms with Crippen LogP contribution in [0.25, 0.3) is 0 Å². The molecule has 1 aromatic rings. The molecule has 7 heteroatoms. The first-order valence-corrected chi connectivity index (χ1v) is 4.86. The van der Waals surface area contributed by atoms with E-state index in [9.17, 15) is 9.18 Å². The summed E-state index contributed by atoms with van der Waals surface area (Å²) in [5, 5.41) is 8.46. The number of hydrogen-bond acceptors (Lipinski definition) is 3. The summed E-state index contributed by atoms with van der Waals surface area (Å²) < 4.78 is 13.3. The van der Waals surface area contributed by atoms with Gasteiger partial charge in [0.05, 0.1) is 0 Å². The molecule has 0 fully saturated rings. The van der Waals surface area contributed by atoms with Crippen molar-refractivity contribution in [1.82, 2.24) is 9.97 Å². The number of halogens is 1. The molecule has 5 nitrogen and oxygen atoms in total. The maximum absolute atomic E-state index is 12.9. The predicted octanol–water partition coefficient (Wildman–Crippen LogP) is -1.32. The van der Waals surface area contributed by atoms with Crippen molar-refractivity contribution in [3.05, 3.63) is 11.6 Å². The molecule has 0 saturated heterocycles. The molecule has 13 heavy (non-hydrogen) atoms. The molecule has 1 atom stereocenters. The van der Waals surface area contributed by atoms with Crippen LogP contribution < -0.4 is 9.27 Å². The molecule has 0 amide bonds. The Morgan fingerprint density at radius 1 is 1.85 bits per heavy atom. The summed E-state index contributed by atoms with van der Waals surface area (Å²) in [7, 11) is 0. The molecule has 0 aliphatic heterocycles. The van der Waals surface area contributed by atoms with E-state index in [4.69, 9.17) is 10.8 Å². The number of carbonyl (C=O) groups is 1. The number of nitrogens with two attached hydrogens (primary N) is 1. The van der Waals surface area contributed by atoms with Gasteiger partial charge >= 0.3 is 88.3 Å². The molecular weight excluding hydrogens is 375 g/mol. The zero-order valence-electron chi connectivity index (χ0n) is 6.42. The van der Waals surface area contributed by atoms with Crippen LogP contribution >= 0.6 is 0 Å². The van der Waals surface area contributed by atoms with Gasteiger partial charge in [0.2, 0.25) is 0 Å². The third kappa shape index (κ3) is 2.70. The summed E-state index contributed by atoms with van der Waals surface area (Å²) in [5.41, 5.74) is 5.36. The summed E-state index contributed by atoms with van der Waals surface area (Å²) in [6, 6.07) is -1.10. The average Bonchev–Trinajstić information content (AvgIpc) is 2.30. The molecule has 0 saturated carbocycles. The number of aliphatic carboxylic acids is 1. The Morgan fingerprint density at radius 3 is 2.85 bits per heavy atom. The van der Waals surface area contributed by atoms with Crippen LogP contribution in [0.2, 0.25) is 0 Å². The van der Waals surface area contributed by atoms with Gasteiger partial charge in [0.25, 0.3) is 0 Å². The first kappa shape index (κ1) is 10.5. The van der Waals surface area contributed by atoms with Gasteiger partial charge < -0.3 is 0 Å². The molecule has 72 valence electrons. The van der Waals surface area contributed by atoms with Crippen LogP contribution in [-0.2, 0) is 11.2 Å². The number of hydrogen-bond donors (Lipinski definition) is 3. The molecule has 0 aliphatic rings. The van der Waals surface area contributed by atoms with E-state index in [0.29, 0.717) is 3.53 Å². The molecule has 1 heterocycles. The number of aromatic nitrogens is 2. The van der Waals surface area contributed by atoms with Gasteiger partial charge in [-0.15, -0.1) is 0 Å². The maximum atomic E-state index is 12.9. The SMILES string of the molecule is NC(Cc1[nH]c([At])nc1F)C(=O)O. The zero-order chi connectivity index (χ0) is 10.0. The molecule has 0 aliphatic carbocycles. The standard InChI is InChI=1S/C6H7AtFN3O2/c7-6-10-3(4(8)11-6)1-2(9)5(12)13/h2H,1,9H2,(H,10,11)(H,12,13). The van der Waals surface area contributed by atoms with Crippen molar-refractivity contribution < 1.29 is 39.0 Å². The van der Waals surface area contributed by atoms with Crippen molar-refractivity contribution in [3.63, 3.8) is 0 Å². The molecule has 1 aromatic heterocycles. The monoisotopic (exact) mass is 382 g/mol. The van der Waals surface area contributed by atoms with E-state index in [1.165, 1.54) is 24.7 Å². The molecule has 0 spiro atoms. The Labute approximate surface area is 88.4 Å². The van der Waals surface area contributed by atoms with Gasteiger partial charge in [0.1, 0.15) is 0 Å². The van der Waals surface area contributed by atoms with Crippen LogP contribution in [0.5, 0.6) is 0 Å². The number of carboxylic acids is 1. The van der Waals surface area contributed by atoms with Crippen molar-refractivity contribution in [3.8, 4) is 0 Å². The Hall–Kier alpha value is -0.547. The summed E-state index contributed by atoms with van der Waals surface area (Å²) in [5.74, 6) is -1.83. The summed E-state index contributed by atoms with van der Waals surface area (Å²) >= 11 is 1.19. The molecule has 0 aromatic carbocycles. The normalized spacial score (nSPS) is 12.8. The van der Waals surface area contributed by atoms with E-state index in [2.05, 4.69) is 9.97 Å². The van der Waals surface area contributed by atoms with E-state index in [0.717, 1.165) is 0 Å². The topological polar surface area (TPSA) is 92.0 Å². The van der Waals surface area contributed by atoms with E-state index < -0.39 is 18.0 Å². The van der Waals surface area contributed by atoms with Crippen molar-refractivity contribution >= 4 is 9.50 Å². The minimum absolute atomic E-state index is 0.0725. The molecule has 0 bridgehead atoms. The molecule has 1 unspecified atom stereocenters. The van der Waals surface area contributed by atoms with Crippen LogP contribution in [0.4, 0.5) is 4.39 Å². The van der Waals surface area contributed by atoms with Gasteiger partial charge in [0.15, 0.2) is 0 Å². The van der Waals surface area contributed by atoms with Crippen LogP contribution in [0.15, 0.2) is 0 Å². The number of H-pyrrole nitrogens is 1. The van der Waals surface area contributed by atoms with E-state index in [1.54, 1.807) is 0 Å². The quantitative estimate of drug-likeness (QED) is 0.605. The molecule has 1 rings (SSSR count). The van der Waals surface area contributed by atoms with Gasteiger partial charge in [0, 0.05) is 0 Å². The van der Waals surface area contributed by atoms with Crippen LogP contribution in [-0.4, -0.2) is 27.1 Å². The first-order chi connectivity index (χ1) is 6.00. The second-order valence-electron chi connectivity index (χ2n) is 2.45. The van der Waals surface area contributed by atoms with E-state index >= 15 is 0 Å². The molecular formula is C6H7AtFN3O2. The summed E-state index contributed by atoms with van der Waals surface area (Å²) in [4.78, 5) is 16.4. The second kappa shape index (κ2) is 4.11. The van der Waals surface area contributed by atoms with Crippen molar-refractivity contribution in [2.24, 2.45) is 5.73 Å². The number of nitrogens with one attached hydrogen (secondary N) is 1. The van der Waals surface area contributed by atoms with Gasteiger partial charge in [-0.1, -0.05) is 0 Å². The first-order valence-electron chi connectivity index (χ1n) is 3.39. The zero-order valence-corrected chi connectivity index (χ0v) is 9.36. The Morgan fingerprint density at radius 2 is 2.46 bits per heavy atom. The van der Waals surface area contributed by atoms with Crippen LogP contribution in [0.1, 0.15) is 5.69 Å². The minimum atomic E-state index is -1.16.